The second-order valence-corrected chi connectivity index (χ2v) is 6.78. The van der Waals surface area contributed by atoms with Crippen molar-refractivity contribution in [1.29, 1.82) is 0 Å². The van der Waals surface area contributed by atoms with Gasteiger partial charge in [0.2, 0.25) is 0 Å². The van der Waals surface area contributed by atoms with Crippen LogP contribution in [0.1, 0.15) is 39.2 Å². The molecule has 2 fully saturated rings. The first kappa shape index (κ1) is 15.0. The van der Waals surface area contributed by atoms with Crippen molar-refractivity contribution >= 4 is 0 Å². The fourth-order valence-electron chi connectivity index (χ4n) is 3.79. The Morgan fingerprint density at radius 1 is 1.10 bits per heavy atom. The summed E-state index contributed by atoms with van der Waals surface area (Å²) in [6.45, 7) is 9.70. The molecular formula is C18H27NO2. The van der Waals surface area contributed by atoms with Gasteiger partial charge in [-0.25, -0.2) is 0 Å². The van der Waals surface area contributed by atoms with Gasteiger partial charge in [-0.2, -0.15) is 0 Å². The molecule has 3 heteroatoms. The maximum absolute atomic E-state index is 6.25. The van der Waals surface area contributed by atoms with Crippen LogP contribution in [-0.4, -0.2) is 36.0 Å². The lowest BCUT2D eigenvalue weighted by molar-refractivity contribution is -0.345. The Hall–Kier alpha value is -0.900. The van der Waals surface area contributed by atoms with Gasteiger partial charge in [0.25, 0.3) is 0 Å². The smallest absolute Gasteiger partial charge is 0.173 e. The van der Waals surface area contributed by atoms with E-state index in [1.165, 1.54) is 5.56 Å². The van der Waals surface area contributed by atoms with Crippen LogP contribution < -0.4 is 0 Å². The summed E-state index contributed by atoms with van der Waals surface area (Å²) in [5.41, 5.74) is 1.38. The zero-order valence-electron chi connectivity index (χ0n) is 13.4. The number of benzene rings is 1. The summed E-state index contributed by atoms with van der Waals surface area (Å²) in [7, 11) is 0. The van der Waals surface area contributed by atoms with Gasteiger partial charge in [0, 0.05) is 32.0 Å². The first-order valence-corrected chi connectivity index (χ1v) is 8.19. The van der Waals surface area contributed by atoms with Crippen molar-refractivity contribution in [2.24, 2.45) is 5.92 Å². The molecule has 0 radical (unpaired) electrons. The molecule has 0 bridgehead atoms. The molecule has 3 atom stereocenters. The summed E-state index contributed by atoms with van der Waals surface area (Å²) in [6, 6.07) is 10.7. The van der Waals surface area contributed by atoms with Crippen molar-refractivity contribution in [3.63, 3.8) is 0 Å². The van der Waals surface area contributed by atoms with E-state index in [1.54, 1.807) is 0 Å². The highest BCUT2D eigenvalue weighted by atomic mass is 16.7. The molecule has 2 saturated heterocycles. The Bertz CT molecular complexity index is 452. The number of hydrogen-bond acceptors (Lipinski definition) is 3. The minimum absolute atomic E-state index is 0.303. The van der Waals surface area contributed by atoms with Crippen molar-refractivity contribution in [3.8, 4) is 0 Å². The predicted octanol–water partition coefficient (Wildman–Crippen LogP) is 3.44. The van der Waals surface area contributed by atoms with Gasteiger partial charge in [0.1, 0.15) is 0 Å². The summed E-state index contributed by atoms with van der Waals surface area (Å²) < 4.78 is 12.5. The van der Waals surface area contributed by atoms with Gasteiger partial charge in [0.05, 0.1) is 12.2 Å². The molecule has 116 valence electrons. The molecule has 21 heavy (non-hydrogen) atoms. The van der Waals surface area contributed by atoms with Crippen molar-refractivity contribution < 1.29 is 9.47 Å². The second kappa shape index (κ2) is 6.07. The first-order chi connectivity index (χ1) is 10.1. The highest BCUT2D eigenvalue weighted by Crippen LogP contribution is 2.39. The van der Waals surface area contributed by atoms with E-state index < -0.39 is 0 Å². The number of likely N-dealkylation sites (tertiary alicyclic amines) is 1. The summed E-state index contributed by atoms with van der Waals surface area (Å²) >= 11 is 0. The molecule has 0 amide bonds. The number of ether oxygens (including phenoxy) is 2. The highest BCUT2D eigenvalue weighted by molar-refractivity contribution is 5.14. The lowest BCUT2D eigenvalue weighted by Crippen LogP contribution is -2.58. The molecule has 0 aromatic heterocycles. The third-order valence-corrected chi connectivity index (χ3v) is 4.77. The molecule has 1 aromatic rings. The largest absolute Gasteiger partial charge is 0.346 e. The highest BCUT2D eigenvalue weighted by Gasteiger charge is 2.47. The number of nitrogens with zero attached hydrogens (tertiary/aromatic N) is 1. The van der Waals surface area contributed by atoms with Crippen LogP contribution in [0.2, 0.25) is 0 Å². The Balaban J connectivity index is 1.64. The van der Waals surface area contributed by atoms with E-state index in [-0.39, 0.29) is 5.79 Å². The van der Waals surface area contributed by atoms with E-state index in [1.807, 2.05) is 0 Å². The van der Waals surface area contributed by atoms with Crippen LogP contribution in [0, 0.1) is 5.92 Å². The fourth-order valence-corrected chi connectivity index (χ4v) is 3.79. The number of hydrogen-bond donors (Lipinski definition) is 0. The fraction of sp³-hybridized carbons (Fsp3) is 0.667. The molecule has 0 N–H and O–H groups in total. The lowest BCUT2D eigenvalue weighted by Gasteiger charge is -2.51. The van der Waals surface area contributed by atoms with E-state index in [4.69, 9.17) is 9.47 Å². The van der Waals surface area contributed by atoms with E-state index in [0.717, 1.165) is 32.5 Å². The van der Waals surface area contributed by atoms with Crippen molar-refractivity contribution in [3.05, 3.63) is 35.9 Å². The maximum Gasteiger partial charge on any atom is 0.173 e. The quantitative estimate of drug-likeness (QED) is 0.832. The van der Waals surface area contributed by atoms with Gasteiger partial charge in [-0.05, 0) is 25.8 Å². The Morgan fingerprint density at radius 3 is 2.38 bits per heavy atom. The zero-order valence-corrected chi connectivity index (χ0v) is 13.4. The van der Waals surface area contributed by atoms with Crippen LogP contribution >= 0.6 is 0 Å². The van der Waals surface area contributed by atoms with Crippen molar-refractivity contribution in [2.75, 3.05) is 13.1 Å². The lowest BCUT2D eigenvalue weighted by atomic mass is 9.90. The van der Waals surface area contributed by atoms with Gasteiger partial charge < -0.3 is 9.47 Å². The minimum Gasteiger partial charge on any atom is -0.346 e. The number of piperidine rings is 1. The standard InChI is InChI=1S/C18H27NO2/c1-14-12-19(13-17-7-5-4-6-8-17)10-9-18(14)20-15(2)11-16(3)21-18/h4-8,14-16H,9-13H2,1-3H3/t14-,15+,16+/m1/s1. The average Bonchev–Trinajstić information content (AvgIpc) is 2.43. The molecule has 2 heterocycles. The third kappa shape index (κ3) is 3.31. The maximum atomic E-state index is 6.25. The first-order valence-electron chi connectivity index (χ1n) is 8.19. The molecule has 1 aromatic carbocycles. The van der Waals surface area contributed by atoms with Crippen LogP contribution in [0.25, 0.3) is 0 Å². The molecule has 2 aliphatic heterocycles. The zero-order chi connectivity index (χ0) is 14.9. The van der Waals surface area contributed by atoms with Crippen LogP contribution in [0.4, 0.5) is 0 Å². The van der Waals surface area contributed by atoms with Gasteiger partial charge in [-0.1, -0.05) is 37.3 Å². The van der Waals surface area contributed by atoms with Crippen LogP contribution in [0.15, 0.2) is 30.3 Å². The molecule has 0 unspecified atom stereocenters. The third-order valence-electron chi connectivity index (χ3n) is 4.77. The summed E-state index contributed by atoms with van der Waals surface area (Å²) in [4.78, 5) is 2.52. The van der Waals surface area contributed by atoms with E-state index in [0.29, 0.717) is 18.1 Å². The Labute approximate surface area is 128 Å². The van der Waals surface area contributed by atoms with Gasteiger partial charge in [-0.15, -0.1) is 0 Å². The molecule has 3 rings (SSSR count). The summed E-state index contributed by atoms with van der Waals surface area (Å²) in [5.74, 6) is 0.0461. The van der Waals surface area contributed by atoms with Gasteiger partial charge >= 0.3 is 0 Å². The average molecular weight is 289 g/mol. The van der Waals surface area contributed by atoms with E-state index >= 15 is 0 Å². The molecule has 3 nitrogen and oxygen atoms in total. The van der Waals surface area contributed by atoms with Crippen LogP contribution in [0.5, 0.6) is 0 Å². The van der Waals surface area contributed by atoms with E-state index in [9.17, 15) is 0 Å². The van der Waals surface area contributed by atoms with E-state index in [2.05, 4.69) is 56.0 Å². The normalized spacial score (nSPS) is 37.8. The minimum atomic E-state index is -0.357. The SMILES string of the molecule is C[C@@H]1CN(Cc2ccccc2)CCC12O[C@@H](C)C[C@H](C)O2. The second-order valence-electron chi connectivity index (χ2n) is 6.78. The topological polar surface area (TPSA) is 21.7 Å². The van der Waals surface area contributed by atoms with Crippen LogP contribution in [-0.2, 0) is 16.0 Å². The summed E-state index contributed by atoms with van der Waals surface area (Å²) in [6.07, 6.45) is 2.58. The Morgan fingerprint density at radius 2 is 1.76 bits per heavy atom. The van der Waals surface area contributed by atoms with Crippen LogP contribution in [0.3, 0.4) is 0 Å². The molecule has 2 aliphatic rings. The molecule has 1 spiro atoms. The molecule has 0 saturated carbocycles. The molecule has 0 aliphatic carbocycles. The monoisotopic (exact) mass is 289 g/mol. The van der Waals surface area contributed by atoms with Crippen molar-refractivity contribution in [2.45, 2.75) is 58.2 Å². The number of rotatable bonds is 2. The predicted molar refractivity (Wildman–Crippen MR) is 83.9 cm³/mol. The van der Waals surface area contributed by atoms with Gasteiger partial charge in [0.15, 0.2) is 5.79 Å². The molecular weight excluding hydrogens is 262 g/mol. The summed E-state index contributed by atoms with van der Waals surface area (Å²) in [5, 5.41) is 0. The Kier molecular flexibility index (Phi) is 4.34. The van der Waals surface area contributed by atoms with Crippen molar-refractivity contribution in [1.82, 2.24) is 4.90 Å². The van der Waals surface area contributed by atoms with Gasteiger partial charge in [-0.3, -0.25) is 4.90 Å².